The summed E-state index contributed by atoms with van der Waals surface area (Å²) in [5.74, 6) is -0.135. The van der Waals surface area contributed by atoms with Crippen LogP contribution in [-0.4, -0.2) is 47.2 Å². The van der Waals surface area contributed by atoms with E-state index >= 15 is 0 Å². The molecule has 3 rings (SSSR count). The van der Waals surface area contributed by atoms with Crippen LogP contribution in [0.2, 0.25) is 5.02 Å². The summed E-state index contributed by atoms with van der Waals surface area (Å²) in [5, 5.41) is 9.46. The predicted molar refractivity (Wildman–Crippen MR) is 106 cm³/mol. The van der Waals surface area contributed by atoms with E-state index < -0.39 is 5.82 Å². The number of aromatic nitrogens is 2. The Balaban J connectivity index is 1.83. The van der Waals surface area contributed by atoms with Crippen LogP contribution in [0.3, 0.4) is 0 Å². The highest BCUT2D eigenvalue weighted by Gasteiger charge is 2.32. The maximum absolute atomic E-state index is 13.6. The van der Waals surface area contributed by atoms with Crippen LogP contribution in [-0.2, 0) is 0 Å². The lowest BCUT2D eigenvalue weighted by atomic mass is 10.1. The molecule has 1 amide bonds. The predicted octanol–water partition coefficient (Wildman–Crippen LogP) is 1.89. The number of halogens is 2. The van der Waals surface area contributed by atoms with Gasteiger partial charge in [0.2, 0.25) is 0 Å². The van der Waals surface area contributed by atoms with Crippen molar-refractivity contribution in [1.29, 1.82) is 0 Å². The summed E-state index contributed by atoms with van der Waals surface area (Å²) >= 11 is 6.17. The van der Waals surface area contributed by atoms with Crippen molar-refractivity contribution in [2.24, 2.45) is 5.73 Å². The van der Waals surface area contributed by atoms with Gasteiger partial charge in [-0.25, -0.2) is 9.37 Å². The van der Waals surface area contributed by atoms with Crippen LogP contribution in [0.4, 0.5) is 4.39 Å². The molecule has 2 aromatic rings. The first-order valence-corrected chi connectivity index (χ1v) is 9.56. The lowest BCUT2D eigenvalue weighted by molar-refractivity contribution is -0.396. The number of nitrogens with one attached hydrogen (secondary N) is 1. The van der Waals surface area contributed by atoms with Crippen molar-refractivity contribution in [2.75, 3.05) is 26.3 Å². The van der Waals surface area contributed by atoms with Crippen LogP contribution in [0.15, 0.2) is 23.9 Å². The monoisotopic (exact) mass is 421 g/mol. The van der Waals surface area contributed by atoms with Crippen LogP contribution in [0.25, 0.3) is 5.57 Å². The van der Waals surface area contributed by atoms with Gasteiger partial charge < -0.3 is 20.5 Å². The molecule has 9 heteroatoms. The molecule has 2 heterocycles. The second-order valence-corrected chi connectivity index (χ2v) is 7.22. The third kappa shape index (κ3) is 4.49. The number of hydrogen-bond acceptors (Lipinski definition) is 5. The van der Waals surface area contributed by atoms with E-state index in [1.54, 1.807) is 11.8 Å². The maximum Gasteiger partial charge on any atom is 0.328 e. The van der Waals surface area contributed by atoms with Gasteiger partial charge in [-0.15, -0.1) is 0 Å². The first-order chi connectivity index (χ1) is 13.8. The largest absolute Gasteiger partial charge is 0.493 e. The molecule has 0 aliphatic carbocycles. The third-order valence-electron chi connectivity index (χ3n) is 4.64. The molecule has 0 bridgehead atoms. The van der Waals surface area contributed by atoms with Crippen LogP contribution in [0.1, 0.15) is 34.0 Å². The fourth-order valence-corrected chi connectivity index (χ4v) is 3.21. The minimum Gasteiger partial charge on any atom is -0.493 e. The fourth-order valence-electron chi connectivity index (χ4n) is 3.12. The first kappa shape index (κ1) is 21.0. The quantitative estimate of drug-likeness (QED) is 0.693. The van der Waals surface area contributed by atoms with E-state index in [-0.39, 0.29) is 43.5 Å². The Morgan fingerprint density at radius 2 is 2.17 bits per heavy atom. The van der Waals surface area contributed by atoms with E-state index in [9.17, 15) is 9.18 Å². The summed E-state index contributed by atoms with van der Waals surface area (Å²) in [6.45, 7) is 4.23. The highest BCUT2D eigenvalue weighted by atomic mass is 35.5. The molecule has 29 heavy (non-hydrogen) atoms. The summed E-state index contributed by atoms with van der Waals surface area (Å²) in [6.07, 6.45) is 0.378. The number of H-pyrrole nitrogens is 1. The molecule has 0 radical (unpaired) electrons. The number of nitrogens with two attached hydrogens (primary N) is 1. The molecule has 1 aliphatic rings. The van der Waals surface area contributed by atoms with Gasteiger partial charge in [-0.2, -0.15) is 0 Å². The minimum absolute atomic E-state index is 0.0576. The summed E-state index contributed by atoms with van der Waals surface area (Å²) in [7, 11) is 0. The fraction of sp³-hybridized carbons (Fsp3) is 0.350. The molecule has 4 N–H and O–H groups in total. The van der Waals surface area contributed by atoms with E-state index in [1.807, 2.05) is 6.92 Å². The summed E-state index contributed by atoms with van der Waals surface area (Å²) in [6, 6.07) is 3.77. The molecule has 0 fully saturated rings. The molecule has 154 valence electrons. The van der Waals surface area contributed by atoms with Crippen molar-refractivity contribution in [3.05, 3.63) is 57.5 Å². The van der Waals surface area contributed by atoms with Crippen molar-refractivity contribution in [2.45, 2.75) is 20.3 Å². The molecule has 0 unspecified atom stereocenters. The van der Waals surface area contributed by atoms with E-state index in [2.05, 4.69) is 9.97 Å². The van der Waals surface area contributed by atoms with Crippen LogP contribution in [0, 0.1) is 19.7 Å². The van der Waals surface area contributed by atoms with Crippen molar-refractivity contribution in [1.82, 2.24) is 9.88 Å². The average molecular weight is 422 g/mol. The highest BCUT2D eigenvalue weighted by molar-refractivity contribution is 6.31. The zero-order valence-electron chi connectivity index (χ0n) is 16.3. The zero-order chi connectivity index (χ0) is 21.1. The number of aryl methyl sites for hydroxylation is 2. The topological polar surface area (TPSA) is 103 Å². The van der Waals surface area contributed by atoms with Crippen molar-refractivity contribution < 1.29 is 24.0 Å². The molecule has 7 nitrogen and oxygen atoms in total. The van der Waals surface area contributed by atoms with E-state index in [0.29, 0.717) is 34.2 Å². The second-order valence-electron chi connectivity index (χ2n) is 6.84. The number of ether oxygens (including phenoxy) is 1. The summed E-state index contributed by atoms with van der Waals surface area (Å²) < 4.78 is 19.1. The van der Waals surface area contributed by atoms with Gasteiger partial charge in [0, 0.05) is 31.7 Å². The highest BCUT2D eigenvalue weighted by Crippen LogP contribution is 2.27. The normalized spacial score (nSPS) is 13.9. The van der Waals surface area contributed by atoms with Gasteiger partial charge in [0.05, 0.1) is 30.8 Å². The molecule has 0 spiro atoms. The van der Waals surface area contributed by atoms with Crippen LogP contribution < -0.4 is 15.5 Å². The van der Waals surface area contributed by atoms with Gasteiger partial charge in [-0.1, -0.05) is 11.6 Å². The number of carbonyl (C=O) groups excluding carboxylic acids is 1. The SMILES string of the molecule is Cc1nc(C2=C(N)CN(C(=O)c3ccc(F)cc3OCCCO)C2)[nH+]c(C)c1Cl. The molecule has 1 aliphatic heterocycles. The van der Waals surface area contributed by atoms with E-state index in [0.717, 1.165) is 5.69 Å². The Labute approximate surface area is 173 Å². The van der Waals surface area contributed by atoms with Gasteiger partial charge in [-0.3, -0.25) is 4.79 Å². The number of rotatable bonds is 6. The Hall–Kier alpha value is -2.71. The average Bonchev–Trinajstić information content (AvgIpc) is 3.07. The molecule has 1 aromatic heterocycles. The lowest BCUT2D eigenvalue weighted by Crippen LogP contribution is -2.31. The minimum atomic E-state index is -0.508. The van der Waals surface area contributed by atoms with Crippen LogP contribution in [0.5, 0.6) is 5.75 Å². The molecular weight excluding hydrogens is 399 g/mol. The Bertz CT molecular complexity index is 957. The van der Waals surface area contributed by atoms with Gasteiger partial charge in [0.15, 0.2) is 5.69 Å². The molecule has 0 atom stereocenters. The number of aliphatic hydroxyl groups is 1. The van der Waals surface area contributed by atoms with Gasteiger partial charge in [0.25, 0.3) is 5.91 Å². The van der Waals surface area contributed by atoms with Crippen molar-refractivity contribution in [3.63, 3.8) is 0 Å². The standard InChI is InChI=1S/C20H22ClFN4O3/c1-11-18(21)12(2)25-19(24-11)15-9-26(10-16(15)23)20(28)14-5-4-13(22)8-17(14)29-7-3-6-27/h4-5,8,27H,3,6-7,9-10,23H2,1-2H3/p+1. The van der Waals surface area contributed by atoms with Gasteiger partial charge >= 0.3 is 5.82 Å². The smallest absolute Gasteiger partial charge is 0.328 e. The number of benzene rings is 1. The first-order valence-electron chi connectivity index (χ1n) is 9.18. The van der Waals surface area contributed by atoms with Gasteiger partial charge in [0.1, 0.15) is 22.3 Å². The lowest BCUT2D eigenvalue weighted by Gasteiger charge is -2.18. The molecule has 1 aromatic carbocycles. The summed E-state index contributed by atoms with van der Waals surface area (Å²) in [4.78, 5) is 22.2. The Kier molecular flexibility index (Phi) is 6.34. The van der Waals surface area contributed by atoms with Crippen LogP contribution >= 0.6 is 11.6 Å². The Morgan fingerprint density at radius 1 is 1.41 bits per heavy atom. The Morgan fingerprint density at radius 3 is 2.86 bits per heavy atom. The van der Waals surface area contributed by atoms with E-state index in [1.165, 1.54) is 18.2 Å². The number of hydrogen-bond donors (Lipinski definition) is 2. The zero-order valence-corrected chi connectivity index (χ0v) is 17.0. The van der Waals surface area contributed by atoms with Crippen molar-refractivity contribution in [3.8, 4) is 5.75 Å². The van der Waals surface area contributed by atoms with Crippen molar-refractivity contribution >= 4 is 23.1 Å². The number of carbonyl (C=O) groups is 1. The van der Waals surface area contributed by atoms with Gasteiger partial charge in [-0.05, 0) is 24.0 Å². The number of amides is 1. The van der Waals surface area contributed by atoms with E-state index in [4.69, 9.17) is 27.2 Å². The maximum atomic E-state index is 13.6. The number of nitrogens with zero attached hydrogens (tertiary/aromatic N) is 2. The molecule has 0 saturated heterocycles. The molecule has 0 saturated carbocycles. The summed E-state index contributed by atoms with van der Waals surface area (Å²) in [5.41, 5.74) is 9.09. The second kappa shape index (κ2) is 8.75. The molecular formula is C20H23ClFN4O3+. The number of aromatic amines is 1. The third-order valence-corrected chi connectivity index (χ3v) is 5.19. The number of aliphatic hydroxyl groups excluding tert-OH is 1.